The molecule has 1 unspecified atom stereocenters. The quantitative estimate of drug-likeness (QED) is 0.304. The van der Waals surface area contributed by atoms with Gasteiger partial charge < -0.3 is 9.94 Å². The van der Waals surface area contributed by atoms with Crippen molar-refractivity contribution in [3.8, 4) is 0 Å². The molecule has 7 rings (SSSR count). The van der Waals surface area contributed by atoms with Gasteiger partial charge in [0.2, 0.25) is 17.2 Å². The van der Waals surface area contributed by atoms with Gasteiger partial charge >= 0.3 is 0 Å². The highest BCUT2D eigenvalue weighted by Crippen LogP contribution is 2.67. The van der Waals surface area contributed by atoms with Crippen LogP contribution in [0.25, 0.3) is 0 Å². The van der Waals surface area contributed by atoms with Crippen molar-refractivity contribution in [2.45, 2.75) is 17.6 Å². The average Bonchev–Trinajstić information content (AvgIpc) is 3.52. The van der Waals surface area contributed by atoms with Crippen LogP contribution in [0.15, 0.2) is 103 Å². The molecule has 8 nitrogen and oxygen atoms in total. The zero-order valence-corrected chi connectivity index (χ0v) is 20.9. The van der Waals surface area contributed by atoms with Gasteiger partial charge in [-0.05, 0) is 11.1 Å². The lowest BCUT2D eigenvalue weighted by Gasteiger charge is -2.34. The van der Waals surface area contributed by atoms with Crippen LogP contribution in [0.3, 0.4) is 0 Å². The predicted octanol–water partition coefficient (Wildman–Crippen LogP) is 3.83. The molecule has 1 aliphatic heterocycles. The van der Waals surface area contributed by atoms with Crippen molar-refractivity contribution in [1.29, 1.82) is 0 Å². The van der Waals surface area contributed by atoms with Gasteiger partial charge in [-0.15, -0.1) is 0 Å². The lowest BCUT2D eigenvalue weighted by Crippen LogP contribution is -2.99. The summed E-state index contributed by atoms with van der Waals surface area (Å²) in [5, 5.41) is 20.6. The number of benzene rings is 4. The average molecular weight is 532 g/mol. The van der Waals surface area contributed by atoms with Crippen LogP contribution < -0.4 is 5.23 Å². The Morgan fingerprint density at radius 1 is 0.625 bits per heavy atom. The van der Waals surface area contributed by atoms with Crippen molar-refractivity contribution in [2.24, 2.45) is 5.41 Å². The second kappa shape index (κ2) is 8.45. The normalized spacial score (nSPS) is 22.6. The molecule has 196 valence electrons. The number of fused-ring (bicyclic) bond motifs is 2. The largest absolute Gasteiger partial charge is 0.595 e. The molecule has 0 aromatic heterocycles. The Balaban J connectivity index is 1.60. The van der Waals surface area contributed by atoms with E-state index in [0.717, 1.165) is 0 Å². The summed E-state index contributed by atoms with van der Waals surface area (Å²) < 4.78 is 6.59. The minimum absolute atomic E-state index is 0.114. The Morgan fingerprint density at radius 2 is 1.10 bits per heavy atom. The first-order valence-corrected chi connectivity index (χ1v) is 12.8. The van der Waals surface area contributed by atoms with Gasteiger partial charge in [-0.1, -0.05) is 91.0 Å². The molecule has 2 spiro atoms. The van der Waals surface area contributed by atoms with Crippen molar-refractivity contribution in [1.82, 2.24) is 0 Å². The van der Waals surface area contributed by atoms with E-state index in [2.05, 4.69) is 0 Å². The molecule has 0 radical (unpaired) electrons. The molecule has 1 fully saturated rings. The van der Waals surface area contributed by atoms with Crippen LogP contribution in [0, 0.1) is 10.6 Å². The van der Waals surface area contributed by atoms with E-state index < -0.39 is 51.4 Å². The van der Waals surface area contributed by atoms with Gasteiger partial charge in [0.1, 0.15) is 11.5 Å². The molecule has 2 N–H and O–H groups in total. The highest BCUT2D eigenvalue weighted by atomic mass is 16.8. The molecular weight excluding hydrogens is 510 g/mol. The molecule has 0 amide bonds. The van der Waals surface area contributed by atoms with Gasteiger partial charge in [-0.2, -0.15) is 5.23 Å². The van der Waals surface area contributed by atoms with E-state index in [1.165, 1.54) is 30.3 Å². The molecular formula is C32H21NO7. The molecule has 3 atom stereocenters. The van der Waals surface area contributed by atoms with Crippen molar-refractivity contribution >= 4 is 28.8 Å². The van der Waals surface area contributed by atoms with Crippen LogP contribution in [-0.4, -0.2) is 33.9 Å². The fourth-order valence-corrected chi connectivity index (χ4v) is 6.81. The summed E-state index contributed by atoms with van der Waals surface area (Å²) >= 11 is 0. The summed E-state index contributed by atoms with van der Waals surface area (Å²) in [5.74, 6) is -3.90. The zero-order chi connectivity index (χ0) is 27.8. The van der Waals surface area contributed by atoms with Gasteiger partial charge in [0.25, 0.3) is 0 Å². The van der Waals surface area contributed by atoms with Crippen molar-refractivity contribution < 1.29 is 34.3 Å². The number of Topliss-reactive ketones (excluding diaryl/α,β-unsaturated/α-hetero) is 4. The Kier molecular flexibility index (Phi) is 5.16. The number of hydrogen-bond acceptors (Lipinski definition) is 7. The van der Waals surface area contributed by atoms with Gasteiger partial charge in [0, 0.05) is 34.4 Å². The van der Waals surface area contributed by atoms with Crippen LogP contribution in [0.2, 0.25) is 0 Å². The predicted molar refractivity (Wildman–Crippen MR) is 141 cm³/mol. The van der Waals surface area contributed by atoms with E-state index in [0.29, 0.717) is 5.56 Å². The Hall–Kier alpha value is -4.60. The fraction of sp³-hybridized carbons (Fsp3) is 0.125. The number of carbonyl (C=O) groups excluding carboxylic acids is 4. The summed E-state index contributed by atoms with van der Waals surface area (Å²) in [6, 6.07) is 27.0. The van der Waals surface area contributed by atoms with Crippen LogP contribution in [0.1, 0.15) is 64.6 Å². The topological polar surface area (TPSA) is 125 Å². The summed E-state index contributed by atoms with van der Waals surface area (Å²) in [7, 11) is 0. The number of quaternary nitrogens is 1. The molecule has 2 aliphatic carbocycles. The number of rotatable bonds is 3. The summed E-state index contributed by atoms with van der Waals surface area (Å²) in [5.41, 5.74) is -3.20. The molecule has 4 aromatic carbocycles. The maximum Gasteiger partial charge on any atom is 0.204 e. The van der Waals surface area contributed by atoms with E-state index in [4.69, 9.17) is 4.74 Å². The first-order valence-electron chi connectivity index (χ1n) is 12.8. The minimum Gasteiger partial charge on any atom is -0.595 e. The van der Waals surface area contributed by atoms with Gasteiger partial charge in [0.15, 0.2) is 17.3 Å². The standard InChI is InChI=1S/C32H21NO7/c34-26-21-13-4-5-14-22(21)27(35)31(26)25(19-11-8-12-20(17-19)33(38)39)32(40-30(31)18-9-2-1-3-10-18)28(36)23-15-6-7-16-24(23)29(32)37/h1-17,25,30,33,38H/t25-,30+/m1/s1. The monoisotopic (exact) mass is 531 g/mol. The highest BCUT2D eigenvalue weighted by molar-refractivity contribution is 6.37. The molecule has 40 heavy (non-hydrogen) atoms. The smallest absolute Gasteiger partial charge is 0.204 e. The van der Waals surface area contributed by atoms with Crippen molar-refractivity contribution in [2.75, 3.05) is 0 Å². The van der Waals surface area contributed by atoms with Crippen molar-refractivity contribution in [3.63, 3.8) is 0 Å². The highest BCUT2D eigenvalue weighted by Gasteiger charge is 2.79. The second-order valence-corrected chi connectivity index (χ2v) is 10.3. The van der Waals surface area contributed by atoms with E-state index >= 15 is 0 Å². The van der Waals surface area contributed by atoms with E-state index in [9.17, 15) is 29.6 Å². The Labute approximate surface area is 228 Å². The lowest BCUT2D eigenvalue weighted by molar-refractivity contribution is -0.991. The molecule has 0 bridgehead atoms. The van der Waals surface area contributed by atoms with E-state index in [1.54, 1.807) is 72.8 Å². The molecule has 0 saturated carbocycles. The molecule has 1 heterocycles. The SMILES string of the molecule is O=C1c2ccccc2C(=O)C12O[C@@H](c1ccccc1)C1(C(=O)c3ccccc3C1=O)[C@H]2c1cccc([NH+]([O-])O)c1. The minimum atomic E-state index is -2.27. The van der Waals surface area contributed by atoms with Gasteiger partial charge in [-0.3, -0.25) is 19.2 Å². The van der Waals surface area contributed by atoms with Crippen LogP contribution >= 0.6 is 0 Å². The van der Waals surface area contributed by atoms with Gasteiger partial charge in [-0.25, -0.2) is 5.21 Å². The fourth-order valence-electron chi connectivity index (χ4n) is 6.81. The number of nitrogens with one attached hydrogen (secondary N) is 1. The molecule has 8 heteroatoms. The summed E-state index contributed by atoms with van der Waals surface area (Å²) in [6.45, 7) is 0. The molecule has 1 saturated heterocycles. The molecule has 4 aromatic rings. The van der Waals surface area contributed by atoms with Crippen LogP contribution in [0.5, 0.6) is 0 Å². The van der Waals surface area contributed by atoms with Crippen LogP contribution in [0.4, 0.5) is 5.69 Å². The van der Waals surface area contributed by atoms with Gasteiger partial charge in [0.05, 0.1) is 5.92 Å². The Morgan fingerprint density at radius 3 is 1.62 bits per heavy atom. The second-order valence-electron chi connectivity index (χ2n) is 10.3. The third-order valence-electron chi connectivity index (χ3n) is 8.41. The third-order valence-corrected chi connectivity index (χ3v) is 8.41. The summed E-state index contributed by atoms with van der Waals surface area (Å²) in [4.78, 5) is 57.9. The first kappa shape index (κ1) is 24.4. The number of hydrogen-bond donors (Lipinski definition) is 2. The number of ketones is 4. The maximum absolute atomic E-state index is 14.6. The number of ether oxygens (including phenoxy) is 1. The lowest BCUT2D eigenvalue weighted by atomic mass is 9.60. The first-order chi connectivity index (χ1) is 19.3. The van der Waals surface area contributed by atoms with Crippen molar-refractivity contribution in [3.05, 3.63) is 142 Å². The van der Waals surface area contributed by atoms with Crippen LogP contribution in [-0.2, 0) is 4.74 Å². The third kappa shape index (κ3) is 2.88. The van der Waals surface area contributed by atoms with E-state index in [1.807, 2.05) is 0 Å². The zero-order valence-electron chi connectivity index (χ0n) is 20.9. The van der Waals surface area contributed by atoms with E-state index in [-0.39, 0.29) is 33.5 Å². The number of carbonyl (C=O) groups is 4. The summed E-state index contributed by atoms with van der Waals surface area (Å²) in [6.07, 6.45) is -1.30. The molecule has 3 aliphatic rings. The maximum atomic E-state index is 14.6. The Bertz CT molecular complexity index is 1690.